The van der Waals surface area contributed by atoms with E-state index in [1.807, 2.05) is 23.0 Å². The number of hydrazone groups is 1. The SMILES string of the molecule is Cn1nccc1C=NNC(=O)c1ccc(Cn2cc(Br)cn2)cc1. The fraction of sp³-hybridized carbons (Fsp3) is 0.125. The van der Waals surface area contributed by atoms with Gasteiger partial charge < -0.3 is 0 Å². The Bertz CT molecular complexity index is 865. The van der Waals surface area contributed by atoms with E-state index in [0.29, 0.717) is 12.1 Å². The molecule has 122 valence electrons. The average molecular weight is 387 g/mol. The molecule has 0 aliphatic carbocycles. The Labute approximate surface area is 147 Å². The van der Waals surface area contributed by atoms with Gasteiger partial charge in [-0.15, -0.1) is 0 Å². The predicted molar refractivity (Wildman–Crippen MR) is 93.7 cm³/mol. The van der Waals surface area contributed by atoms with Gasteiger partial charge >= 0.3 is 0 Å². The summed E-state index contributed by atoms with van der Waals surface area (Å²) >= 11 is 3.36. The van der Waals surface area contributed by atoms with E-state index in [1.54, 1.807) is 48.5 Å². The zero-order chi connectivity index (χ0) is 16.9. The number of aromatic nitrogens is 4. The number of rotatable bonds is 5. The second kappa shape index (κ2) is 7.22. The summed E-state index contributed by atoms with van der Waals surface area (Å²) in [7, 11) is 1.81. The van der Waals surface area contributed by atoms with Crippen molar-refractivity contribution in [3.8, 4) is 0 Å². The lowest BCUT2D eigenvalue weighted by atomic mass is 10.1. The van der Waals surface area contributed by atoms with Gasteiger partial charge in [0, 0.05) is 25.0 Å². The van der Waals surface area contributed by atoms with Crippen LogP contribution in [0.4, 0.5) is 0 Å². The number of nitrogens with one attached hydrogen (secondary N) is 1. The number of benzene rings is 1. The normalized spacial score (nSPS) is 11.1. The maximum atomic E-state index is 12.1. The molecular weight excluding hydrogens is 372 g/mol. The molecule has 1 amide bonds. The van der Waals surface area contributed by atoms with Crippen molar-refractivity contribution in [1.29, 1.82) is 0 Å². The van der Waals surface area contributed by atoms with Gasteiger partial charge in [-0.05, 0) is 39.7 Å². The summed E-state index contributed by atoms with van der Waals surface area (Å²) in [4.78, 5) is 12.1. The number of aryl methyl sites for hydroxylation is 1. The number of hydrogen-bond donors (Lipinski definition) is 1. The van der Waals surface area contributed by atoms with E-state index in [9.17, 15) is 4.79 Å². The van der Waals surface area contributed by atoms with Crippen molar-refractivity contribution in [2.45, 2.75) is 6.54 Å². The summed E-state index contributed by atoms with van der Waals surface area (Å²) in [5.41, 5.74) is 4.90. The van der Waals surface area contributed by atoms with E-state index in [1.165, 1.54) is 0 Å². The van der Waals surface area contributed by atoms with E-state index in [0.717, 1.165) is 15.7 Å². The first-order valence-electron chi connectivity index (χ1n) is 7.20. The quantitative estimate of drug-likeness (QED) is 0.539. The third kappa shape index (κ3) is 3.96. The van der Waals surface area contributed by atoms with Gasteiger partial charge in [-0.25, -0.2) is 5.43 Å². The lowest BCUT2D eigenvalue weighted by Gasteiger charge is -2.04. The molecule has 2 heterocycles. The van der Waals surface area contributed by atoms with Gasteiger partial charge in [0.25, 0.3) is 5.91 Å². The Morgan fingerprint density at radius 2 is 2.08 bits per heavy atom. The van der Waals surface area contributed by atoms with Gasteiger partial charge in [0.2, 0.25) is 0 Å². The molecule has 0 radical (unpaired) electrons. The van der Waals surface area contributed by atoms with Crippen LogP contribution in [-0.2, 0) is 13.6 Å². The number of nitrogens with zero attached hydrogens (tertiary/aromatic N) is 5. The van der Waals surface area contributed by atoms with E-state index in [-0.39, 0.29) is 5.91 Å². The first-order chi connectivity index (χ1) is 11.6. The second-order valence-electron chi connectivity index (χ2n) is 5.13. The molecule has 1 aromatic carbocycles. The predicted octanol–water partition coefficient (Wildman–Crippen LogP) is 2.19. The first-order valence-corrected chi connectivity index (χ1v) is 7.99. The molecule has 0 unspecified atom stereocenters. The van der Waals surface area contributed by atoms with Crippen LogP contribution in [0.3, 0.4) is 0 Å². The summed E-state index contributed by atoms with van der Waals surface area (Å²) in [6.45, 7) is 0.645. The van der Waals surface area contributed by atoms with Crippen molar-refractivity contribution in [3.05, 3.63) is 70.2 Å². The maximum absolute atomic E-state index is 12.1. The van der Waals surface area contributed by atoms with Gasteiger partial charge in [0.1, 0.15) is 0 Å². The third-order valence-corrected chi connectivity index (χ3v) is 3.79. The molecule has 0 bridgehead atoms. The zero-order valence-corrected chi connectivity index (χ0v) is 14.5. The summed E-state index contributed by atoms with van der Waals surface area (Å²) in [5.74, 6) is -0.262. The average Bonchev–Trinajstić information content (AvgIpc) is 3.17. The fourth-order valence-electron chi connectivity index (χ4n) is 2.11. The molecule has 2 aromatic heterocycles. The highest BCUT2D eigenvalue weighted by Crippen LogP contribution is 2.10. The number of hydrogen-bond acceptors (Lipinski definition) is 4. The summed E-state index contributed by atoms with van der Waals surface area (Å²) in [6, 6.07) is 9.13. The minimum atomic E-state index is -0.262. The Kier molecular flexibility index (Phi) is 4.85. The topological polar surface area (TPSA) is 77.1 Å². The van der Waals surface area contributed by atoms with Crippen molar-refractivity contribution in [2.75, 3.05) is 0 Å². The molecule has 3 aromatic rings. The van der Waals surface area contributed by atoms with Gasteiger partial charge in [0.15, 0.2) is 0 Å². The van der Waals surface area contributed by atoms with Crippen molar-refractivity contribution in [3.63, 3.8) is 0 Å². The molecule has 3 rings (SSSR count). The van der Waals surface area contributed by atoms with Crippen molar-refractivity contribution < 1.29 is 4.79 Å². The van der Waals surface area contributed by atoms with Gasteiger partial charge in [0.05, 0.1) is 29.1 Å². The number of carbonyl (C=O) groups is 1. The van der Waals surface area contributed by atoms with Crippen LogP contribution in [0.25, 0.3) is 0 Å². The molecule has 0 spiro atoms. The number of carbonyl (C=O) groups excluding carboxylic acids is 1. The summed E-state index contributed by atoms with van der Waals surface area (Å²) < 4.78 is 4.42. The van der Waals surface area contributed by atoms with Crippen LogP contribution in [0.1, 0.15) is 21.6 Å². The van der Waals surface area contributed by atoms with Gasteiger partial charge in [-0.3, -0.25) is 14.2 Å². The lowest BCUT2D eigenvalue weighted by Crippen LogP contribution is -2.18. The monoisotopic (exact) mass is 386 g/mol. The van der Waals surface area contributed by atoms with Gasteiger partial charge in [-0.2, -0.15) is 15.3 Å². The minimum absolute atomic E-state index is 0.262. The summed E-state index contributed by atoms with van der Waals surface area (Å²) in [5, 5.41) is 12.2. The van der Waals surface area contributed by atoms with Crippen LogP contribution < -0.4 is 5.43 Å². The molecule has 0 atom stereocenters. The van der Waals surface area contributed by atoms with Crippen molar-refractivity contribution in [1.82, 2.24) is 25.0 Å². The number of amides is 1. The van der Waals surface area contributed by atoms with E-state index >= 15 is 0 Å². The highest BCUT2D eigenvalue weighted by atomic mass is 79.9. The minimum Gasteiger partial charge on any atom is -0.267 e. The Balaban J connectivity index is 1.59. The standard InChI is InChI=1S/C16H15BrN6O/c1-22-15(6-7-19-22)9-18-21-16(24)13-4-2-12(3-5-13)10-23-11-14(17)8-20-23/h2-9,11H,10H2,1H3,(H,21,24). The van der Waals surface area contributed by atoms with Crippen LogP contribution in [0.2, 0.25) is 0 Å². The van der Waals surface area contributed by atoms with Crippen LogP contribution in [0.5, 0.6) is 0 Å². The molecule has 8 heteroatoms. The maximum Gasteiger partial charge on any atom is 0.271 e. The van der Waals surface area contributed by atoms with Crippen LogP contribution in [-0.4, -0.2) is 31.7 Å². The molecule has 1 N–H and O–H groups in total. The zero-order valence-electron chi connectivity index (χ0n) is 12.9. The Morgan fingerprint density at radius 3 is 2.71 bits per heavy atom. The molecule has 24 heavy (non-hydrogen) atoms. The number of halogens is 1. The molecule has 0 saturated heterocycles. The second-order valence-corrected chi connectivity index (χ2v) is 6.05. The summed E-state index contributed by atoms with van der Waals surface area (Å²) in [6.07, 6.45) is 6.85. The van der Waals surface area contributed by atoms with E-state index < -0.39 is 0 Å². The van der Waals surface area contributed by atoms with Crippen LogP contribution >= 0.6 is 15.9 Å². The Morgan fingerprint density at radius 1 is 1.29 bits per heavy atom. The van der Waals surface area contributed by atoms with Crippen LogP contribution in [0.15, 0.2) is 58.5 Å². The van der Waals surface area contributed by atoms with Crippen molar-refractivity contribution >= 4 is 28.1 Å². The molecule has 7 nitrogen and oxygen atoms in total. The molecule has 0 aliphatic rings. The largest absolute Gasteiger partial charge is 0.271 e. The molecule has 0 aliphatic heterocycles. The van der Waals surface area contributed by atoms with Gasteiger partial charge in [-0.1, -0.05) is 12.1 Å². The highest BCUT2D eigenvalue weighted by Gasteiger charge is 2.05. The van der Waals surface area contributed by atoms with Crippen LogP contribution in [0, 0.1) is 0 Å². The fourth-order valence-corrected chi connectivity index (χ4v) is 2.43. The van der Waals surface area contributed by atoms with E-state index in [4.69, 9.17) is 0 Å². The van der Waals surface area contributed by atoms with Crippen molar-refractivity contribution in [2.24, 2.45) is 12.1 Å². The molecule has 0 saturated carbocycles. The molecular formula is C16H15BrN6O. The third-order valence-electron chi connectivity index (χ3n) is 3.38. The highest BCUT2D eigenvalue weighted by molar-refractivity contribution is 9.10. The lowest BCUT2D eigenvalue weighted by molar-refractivity contribution is 0.0955. The first kappa shape index (κ1) is 16.1. The smallest absolute Gasteiger partial charge is 0.267 e. The molecule has 0 fully saturated rings. The van der Waals surface area contributed by atoms with E-state index in [2.05, 4.69) is 36.7 Å². The Hall–Kier alpha value is -2.74.